The lowest BCUT2D eigenvalue weighted by Crippen LogP contribution is -2.26. The number of rotatable bonds is 6. The van der Waals surface area contributed by atoms with Crippen LogP contribution in [0.5, 0.6) is 0 Å². The number of nitrogen functional groups attached to an aromatic ring is 1. The van der Waals surface area contributed by atoms with Crippen LogP contribution in [0, 0.1) is 11.3 Å². The van der Waals surface area contributed by atoms with Crippen LogP contribution in [0.25, 0.3) is 27.6 Å². The summed E-state index contributed by atoms with van der Waals surface area (Å²) in [6, 6.07) is 24.8. The molecule has 0 aliphatic carbocycles. The second kappa shape index (κ2) is 10.0. The van der Waals surface area contributed by atoms with Crippen LogP contribution in [0.1, 0.15) is 24.2 Å². The molecule has 0 radical (unpaired) electrons. The lowest BCUT2D eigenvalue weighted by molar-refractivity contribution is 0.602. The highest BCUT2D eigenvalue weighted by atomic mass is 32.2. The fraction of sp³-hybridized carbons (Fsp3) is 0.103. The Morgan fingerprint density at radius 3 is 2.49 bits per heavy atom. The number of sulfone groups is 1. The smallest absolute Gasteiger partial charge is 0.263 e. The quantitative estimate of drug-likeness (QED) is 0.323. The second-order valence-corrected chi connectivity index (χ2v) is 11.1. The van der Waals surface area contributed by atoms with Crippen molar-refractivity contribution in [1.82, 2.24) is 14.5 Å². The zero-order valence-corrected chi connectivity index (χ0v) is 22.0. The molecule has 9 nitrogen and oxygen atoms in total. The van der Waals surface area contributed by atoms with Crippen molar-refractivity contribution in [3.05, 3.63) is 107 Å². The molecule has 2 aromatic heterocycles. The van der Waals surface area contributed by atoms with Crippen LogP contribution in [0.4, 0.5) is 11.8 Å². The van der Waals surface area contributed by atoms with Gasteiger partial charge in [0.25, 0.3) is 5.56 Å². The molecule has 3 N–H and O–H groups in total. The summed E-state index contributed by atoms with van der Waals surface area (Å²) in [7, 11) is -3.44. The first-order valence-electron chi connectivity index (χ1n) is 12.0. The Morgan fingerprint density at radius 2 is 1.77 bits per heavy atom. The highest BCUT2D eigenvalue weighted by molar-refractivity contribution is 7.90. The molecule has 0 fully saturated rings. The van der Waals surface area contributed by atoms with E-state index in [1.54, 1.807) is 22.8 Å². The number of hydrogen-bond acceptors (Lipinski definition) is 8. The highest BCUT2D eigenvalue weighted by Crippen LogP contribution is 2.31. The summed E-state index contributed by atoms with van der Waals surface area (Å²) in [5, 5.41) is 13.9. The number of pyridine rings is 1. The van der Waals surface area contributed by atoms with E-state index in [1.807, 2.05) is 61.5 Å². The van der Waals surface area contributed by atoms with Crippen LogP contribution in [0.15, 0.2) is 94.7 Å². The van der Waals surface area contributed by atoms with Gasteiger partial charge in [-0.2, -0.15) is 10.2 Å². The van der Waals surface area contributed by atoms with Crippen LogP contribution in [0.3, 0.4) is 0 Å². The Labute approximate surface area is 225 Å². The maximum Gasteiger partial charge on any atom is 0.263 e. The van der Waals surface area contributed by atoms with Gasteiger partial charge in [0.15, 0.2) is 9.84 Å². The molecule has 5 aromatic rings. The van der Waals surface area contributed by atoms with Gasteiger partial charge in [-0.3, -0.25) is 9.36 Å². The lowest BCUT2D eigenvalue weighted by Gasteiger charge is -2.22. The molecule has 0 amide bonds. The van der Waals surface area contributed by atoms with Gasteiger partial charge in [-0.1, -0.05) is 48.5 Å². The Kier molecular flexibility index (Phi) is 6.60. The third-order valence-electron chi connectivity index (χ3n) is 6.39. The summed E-state index contributed by atoms with van der Waals surface area (Å²) < 4.78 is 26.0. The van der Waals surface area contributed by atoms with Crippen molar-refractivity contribution >= 4 is 32.4 Å². The molecule has 194 valence electrons. The van der Waals surface area contributed by atoms with Crippen molar-refractivity contribution in [1.29, 1.82) is 5.26 Å². The fourth-order valence-electron chi connectivity index (χ4n) is 4.55. The number of benzene rings is 3. The maximum absolute atomic E-state index is 14.3. The topological polar surface area (TPSA) is 144 Å². The summed E-state index contributed by atoms with van der Waals surface area (Å²) in [4.78, 5) is 22.5. The van der Waals surface area contributed by atoms with Crippen molar-refractivity contribution in [2.75, 3.05) is 17.3 Å². The molecular formula is C29H24N6O3S. The number of nitriles is 1. The molecule has 0 spiro atoms. The first-order valence-corrected chi connectivity index (χ1v) is 13.9. The Hall–Kier alpha value is -5.01. The summed E-state index contributed by atoms with van der Waals surface area (Å²) >= 11 is 0. The minimum absolute atomic E-state index is 0.0172. The number of nitrogens with two attached hydrogens (primary N) is 1. The number of nitrogens with one attached hydrogen (secondary N) is 1. The highest BCUT2D eigenvalue weighted by Gasteiger charge is 2.20. The minimum atomic E-state index is -3.44. The summed E-state index contributed by atoms with van der Waals surface area (Å²) in [6.45, 7) is 1.86. The Balaban J connectivity index is 1.76. The van der Waals surface area contributed by atoms with E-state index in [1.165, 1.54) is 12.3 Å². The average Bonchev–Trinajstić information content (AvgIpc) is 2.93. The van der Waals surface area contributed by atoms with Gasteiger partial charge in [0.2, 0.25) is 5.95 Å². The van der Waals surface area contributed by atoms with Crippen LogP contribution in [0.2, 0.25) is 0 Å². The van der Waals surface area contributed by atoms with E-state index in [0.29, 0.717) is 33.3 Å². The van der Waals surface area contributed by atoms with Crippen molar-refractivity contribution in [3.8, 4) is 22.9 Å². The average molecular weight is 537 g/mol. The van der Waals surface area contributed by atoms with E-state index in [2.05, 4.69) is 21.4 Å². The van der Waals surface area contributed by atoms with E-state index in [4.69, 9.17) is 5.73 Å². The lowest BCUT2D eigenvalue weighted by atomic mass is 9.98. The third-order valence-corrected chi connectivity index (χ3v) is 7.50. The number of fused-ring (bicyclic) bond motifs is 1. The van der Waals surface area contributed by atoms with Gasteiger partial charge in [0, 0.05) is 17.6 Å². The molecular weight excluding hydrogens is 512 g/mol. The predicted octanol–water partition coefficient (Wildman–Crippen LogP) is 4.48. The molecule has 10 heteroatoms. The summed E-state index contributed by atoms with van der Waals surface area (Å²) in [5.74, 6) is 0.277. The normalized spacial score (nSPS) is 12.1. The van der Waals surface area contributed by atoms with E-state index in [-0.39, 0.29) is 27.8 Å². The van der Waals surface area contributed by atoms with Crippen LogP contribution in [-0.4, -0.2) is 29.2 Å². The van der Waals surface area contributed by atoms with E-state index in [0.717, 1.165) is 6.26 Å². The molecule has 0 saturated heterocycles. The second-order valence-electron chi connectivity index (χ2n) is 9.08. The van der Waals surface area contributed by atoms with Crippen molar-refractivity contribution in [3.63, 3.8) is 0 Å². The molecule has 0 saturated carbocycles. The van der Waals surface area contributed by atoms with Crippen molar-refractivity contribution in [2.45, 2.75) is 17.9 Å². The Morgan fingerprint density at radius 1 is 1.03 bits per heavy atom. The molecule has 1 atom stereocenters. The standard InChI is InChI=1S/C29H24N6O3S/c1-18(33-27-21(16-30)17-32-29(31)34-27)25-15-20-9-7-13-24(19-8-6-12-23(14-19)39(2,37)38)26(20)28(36)35(25)22-10-4-3-5-11-22/h3-15,17-18H,1-2H3,(H3,31,32,33,34)/t18-/m0/s1. The number of anilines is 2. The van der Waals surface area contributed by atoms with Gasteiger partial charge in [0.1, 0.15) is 17.5 Å². The maximum atomic E-state index is 14.3. The van der Waals surface area contributed by atoms with Gasteiger partial charge >= 0.3 is 0 Å². The zero-order chi connectivity index (χ0) is 27.7. The number of aromatic nitrogens is 3. The first-order chi connectivity index (χ1) is 18.7. The predicted molar refractivity (Wildman–Crippen MR) is 151 cm³/mol. The SMILES string of the molecule is C[C@H](Nc1nc(N)ncc1C#N)c1cc2cccc(-c3cccc(S(C)(=O)=O)c3)c2c(=O)n1-c1ccccc1. The molecule has 0 unspecified atom stereocenters. The molecule has 3 aromatic carbocycles. The summed E-state index contributed by atoms with van der Waals surface area (Å²) in [5.41, 5.74) is 8.22. The molecule has 0 aliphatic heterocycles. The van der Waals surface area contributed by atoms with Crippen LogP contribution >= 0.6 is 0 Å². The molecule has 0 aliphatic rings. The first kappa shape index (κ1) is 25.6. The van der Waals surface area contributed by atoms with Gasteiger partial charge in [-0.25, -0.2) is 13.4 Å². The monoisotopic (exact) mass is 536 g/mol. The van der Waals surface area contributed by atoms with Gasteiger partial charge in [0.05, 0.1) is 22.5 Å². The number of hydrogen-bond donors (Lipinski definition) is 2. The zero-order valence-electron chi connectivity index (χ0n) is 21.2. The molecule has 5 rings (SSSR count). The minimum Gasteiger partial charge on any atom is -0.368 e. The van der Waals surface area contributed by atoms with E-state index < -0.39 is 15.9 Å². The van der Waals surface area contributed by atoms with Gasteiger partial charge in [-0.15, -0.1) is 0 Å². The summed E-state index contributed by atoms with van der Waals surface area (Å²) in [6.07, 6.45) is 2.50. The van der Waals surface area contributed by atoms with Crippen molar-refractivity contribution < 1.29 is 8.42 Å². The van der Waals surface area contributed by atoms with E-state index >= 15 is 0 Å². The molecule has 39 heavy (non-hydrogen) atoms. The van der Waals surface area contributed by atoms with E-state index in [9.17, 15) is 18.5 Å². The number of nitrogens with zero attached hydrogens (tertiary/aromatic N) is 4. The van der Waals surface area contributed by atoms with Gasteiger partial charge < -0.3 is 11.1 Å². The third kappa shape index (κ3) is 4.95. The van der Waals surface area contributed by atoms with Crippen molar-refractivity contribution in [2.24, 2.45) is 0 Å². The largest absolute Gasteiger partial charge is 0.368 e. The van der Waals surface area contributed by atoms with Crippen LogP contribution < -0.4 is 16.6 Å². The molecule has 0 bridgehead atoms. The fourth-order valence-corrected chi connectivity index (χ4v) is 5.21. The molecule has 2 heterocycles. The van der Waals surface area contributed by atoms with Crippen LogP contribution in [-0.2, 0) is 9.84 Å². The van der Waals surface area contributed by atoms with Gasteiger partial charge in [-0.05, 0) is 53.8 Å². The Bertz CT molecular complexity index is 1930. The number of para-hydroxylation sites is 1.